The zero-order chi connectivity index (χ0) is 19.2. The molecule has 3 N–H and O–H groups in total. The molecule has 1 aromatic rings. The van der Waals surface area contributed by atoms with Crippen molar-refractivity contribution in [2.45, 2.75) is 51.3 Å². The Hall–Kier alpha value is -2.12. The first-order chi connectivity index (χ1) is 12.3. The number of alkyl carbamates (subject to hydrolysis) is 1. The molecule has 144 valence electrons. The Bertz CT molecular complexity index is 601. The highest BCUT2D eigenvalue weighted by Gasteiger charge is 2.30. The first kappa shape index (κ1) is 20.2. The second-order valence-electron chi connectivity index (χ2n) is 7.45. The predicted molar refractivity (Wildman–Crippen MR) is 100 cm³/mol. The maximum Gasteiger partial charge on any atom is 0.407 e. The minimum absolute atomic E-state index is 0.0106. The van der Waals surface area contributed by atoms with Crippen LogP contribution in [-0.4, -0.2) is 54.5 Å². The zero-order valence-corrected chi connectivity index (χ0v) is 15.7. The minimum atomic E-state index is -0.604. The summed E-state index contributed by atoms with van der Waals surface area (Å²) in [4.78, 5) is 26.3. The summed E-state index contributed by atoms with van der Waals surface area (Å²) in [6, 6.07) is 8.71. The number of aliphatic hydroxyl groups excluding tert-OH is 1. The lowest BCUT2D eigenvalue weighted by Gasteiger charge is -2.33. The van der Waals surface area contributed by atoms with Crippen LogP contribution in [-0.2, 0) is 9.53 Å². The SMILES string of the molecule is CC(C)(C)OC(=O)NC(CO)CNC1CCCN(c2ccccc2)C1=O. The predicted octanol–water partition coefficient (Wildman–Crippen LogP) is 1.66. The van der Waals surface area contributed by atoms with Crippen LogP contribution in [0.1, 0.15) is 33.6 Å². The van der Waals surface area contributed by atoms with E-state index in [2.05, 4.69) is 10.6 Å². The second kappa shape index (κ2) is 9.00. The van der Waals surface area contributed by atoms with Crippen molar-refractivity contribution >= 4 is 17.7 Å². The molecule has 1 aliphatic heterocycles. The monoisotopic (exact) mass is 363 g/mol. The van der Waals surface area contributed by atoms with E-state index >= 15 is 0 Å². The van der Waals surface area contributed by atoms with Gasteiger partial charge in [-0.15, -0.1) is 0 Å². The highest BCUT2D eigenvalue weighted by atomic mass is 16.6. The van der Waals surface area contributed by atoms with Crippen molar-refractivity contribution < 1.29 is 19.4 Å². The van der Waals surface area contributed by atoms with E-state index in [1.54, 1.807) is 25.7 Å². The van der Waals surface area contributed by atoms with Crippen molar-refractivity contribution in [1.82, 2.24) is 10.6 Å². The number of ether oxygens (including phenoxy) is 1. The average molecular weight is 363 g/mol. The zero-order valence-electron chi connectivity index (χ0n) is 15.7. The number of nitrogens with one attached hydrogen (secondary N) is 2. The fourth-order valence-electron chi connectivity index (χ4n) is 2.85. The molecule has 1 heterocycles. The van der Waals surface area contributed by atoms with Crippen molar-refractivity contribution in [3.8, 4) is 0 Å². The van der Waals surface area contributed by atoms with Crippen LogP contribution in [0.25, 0.3) is 0 Å². The van der Waals surface area contributed by atoms with Crippen LogP contribution < -0.4 is 15.5 Å². The van der Waals surface area contributed by atoms with Gasteiger partial charge in [-0.3, -0.25) is 4.79 Å². The fourth-order valence-corrected chi connectivity index (χ4v) is 2.85. The molecule has 2 unspecified atom stereocenters. The lowest BCUT2D eigenvalue weighted by atomic mass is 10.0. The van der Waals surface area contributed by atoms with Gasteiger partial charge in [0, 0.05) is 18.8 Å². The molecule has 7 heteroatoms. The molecule has 1 aliphatic rings. The van der Waals surface area contributed by atoms with Gasteiger partial charge in [-0.25, -0.2) is 4.79 Å². The standard InChI is InChI=1S/C19H29N3O4/c1-19(2,3)26-18(25)21-14(13-23)12-20-16-10-7-11-22(17(16)24)15-8-5-4-6-9-15/h4-6,8-9,14,16,20,23H,7,10-13H2,1-3H3,(H,21,25). The van der Waals surface area contributed by atoms with Gasteiger partial charge in [0.1, 0.15) is 5.60 Å². The Balaban J connectivity index is 1.88. The summed E-state index contributed by atoms with van der Waals surface area (Å²) < 4.78 is 5.19. The molecule has 1 saturated heterocycles. The molecule has 2 rings (SSSR count). The Morgan fingerprint density at radius 2 is 2.04 bits per heavy atom. The summed E-state index contributed by atoms with van der Waals surface area (Å²) in [5.41, 5.74) is 0.280. The number of rotatable bonds is 6. The van der Waals surface area contributed by atoms with Gasteiger partial charge in [0.15, 0.2) is 0 Å². The van der Waals surface area contributed by atoms with E-state index in [0.29, 0.717) is 6.54 Å². The number of anilines is 1. The van der Waals surface area contributed by atoms with Crippen LogP contribution >= 0.6 is 0 Å². The van der Waals surface area contributed by atoms with E-state index in [4.69, 9.17) is 4.74 Å². The van der Waals surface area contributed by atoms with Crippen LogP contribution in [0.2, 0.25) is 0 Å². The van der Waals surface area contributed by atoms with E-state index in [0.717, 1.165) is 18.5 Å². The van der Waals surface area contributed by atoms with Gasteiger partial charge in [-0.05, 0) is 45.7 Å². The number of para-hydroxylation sites is 1. The Morgan fingerprint density at radius 3 is 2.65 bits per heavy atom. The summed E-state index contributed by atoms with van der Waals surface area (Å²) in [6.45, 7) is 6.07. The molecular weight excluding hydrogens is 334 g/mol. The molecular formula is C19H29N3O4. The molecule has 1 fully saturated rings. The minimum Gasteiger partial charge on any atom is -0.444 e. The molecule has 0 aliphatic carbocycles. The summed E-state index contributed by atoms with van der Waals surface area (Å²) in [6.07, 6.45) is 1.04. The van der Waals surface area contributed by atoms with Gasteiger partial charge in [-0.2, -0.15) is 0 Å². The normalized spacial score (nSPS) is 19.2. The molecule has 26 heavy (non-hydrogen) atoms. The van der Waals surface area contributed by atoms with E-state index < -0.39 is 17.7 Å². The number of piperidine rings is 1. The van der Waals surface area contributed by atoms with Crippen molar-refractivity contribution in [3.05, 3.63) is 30.3 Å². The number of carbonyl (C=O) groups excluding carboxylic acids is 2. The molecule has 0 spiro atoms. The molecule has 2 atom stereocenters. The first-order valence-corrected chi connectivity index (χ1v) is 9.00. The molecule has 0 bridgehead atoms. The quantitative estimate of drug-likeness (QED) is 0.715. The summed E-state index contributed by atoms with van der Waals surface area (Å²) in [7, 11) is 0. The first-order valence-electron chi connectivity index (χ1n) is 9.00. The van der Waals surface area contributed by atoms with Gasteiger partial charge in [-0.1, -0.05) is 18.2 Å². The third kappa shape index (κ3) is 6.00. The molecule has 1 aromatic carbocycles. The maximum absolute atomic E-state index is 12.7. The summed E-state index contributed by atoms with van der Waals surface area (Å²) in [5.74, 6) is 0.0106. The van der Waals surface area contributed by atoms with Crippen LogP contribution in [0.5, 0.6) is 0 Å². The van der Waals surface area contributed by atoms with E-state index in [1.807, 2.05) is 30.3 Å². The molecule has 7 nitrogen and oxygen atoms in total. The van der Waals surface area contributed by atoms with Crippen LogP contribution in [0, 0.1) is 0 Å². The van der Waals surface area contributed by atoms with E-state index in [-0.39, 0.29) is 25.1 Å². The van der Waals surface area contributed by atoms with Crippen molar-refractivity contribution in [1.29, 1.82) is 0 Å². The topological polar surface area (TPSA) is 90.9 Å². The molecule has 2 amide bonds. The highest BCUT2D eigenvalue weighted by Crippen LogP contribution is 2.20. The highest BCUT2D eigenvalue weighted by molar-refractivity contribution is 5.97. The number of aliphatic hydroxyl groups is 1. The van der Waals surface area contributed by atoms with Gasteiger partial charge in [0.2, 0.25) is 5.91 Å². The van der Waals surface area contributed by atoms with Gasteiger partial charge in [0.25, 0.3) is 0 Å². The smallest absolute Gasteiger partial charge is 0.407 e. The number of carbonyl (C=O) groups is 2. The van der Waals surface area contributed by atoms with Crippen LogP contribution in [0.4, 0.5) is 10.5 Å². The molecule has 0 radical (unpaired) electrons. The lowest BCUT2D eigenvalue weighted by Crippen LogP contribution is -2.54. The lowest BCUT2D eigenvalue weighted by molar-refractivity contribution is -0.121. The Kier molecular flexibility index (Phi) is 6.99. The Labute approximate surface area is 154 Å². The van der Waals surface area contributed by atoms with Crippen molar-refractivity contribution in [2.75, 3.05) is 24.6 Å². The number of hydrogen-bond donors (Lipinski definition) is 3. The number of nitrogens with zero attached hydrogens (tertiary/aromatic N) is 1. The largest absolute Gasteiger partial charge is 0.444 e. The number of amides is 2. The van der Waals surface area contributed by atoms with Crippen molar-refractivity contribution in [2.24, 2.45) is 0 Å². The van der Waals surface area contributed by atoms with E-state index in [9.17, 15) is 14.7 Å². The number of benzene rings is 1. The molecule has 0 saturated carbocycles. The Morgan fingerprint density at radius 1 is 1.35 bits per heavy atom. The maximum atomic E-state index is 12.7. The second-order valence-corrected chi connectivity index (χ2v) is 7.45. The van der Waals surface area contributed by atoms with Crippen molar-refractivity contribution in [3.63, 3.8) is 0 Å². The molecule has 0 aromatic heterocycles. The van der Waals surface area contributed by atoms with E-state index in [1.165, 1.54) is 0 Å². The average Bonchev–Trinajstić information content (AvgIpc) is 2.58. The van der Waals surface area contributed by atoms with Crippen LogP contribution in [0.15, 0.2) is 30.3 Å². The van der Waals surface area contributed by atoms with Gasteiger partial charge in [0.05, 0.1) is 18.7 Å². The van der Waals surface area contributed by atoms with Crippen LogP contribution in [0.3, 0.4) is 0 Å². The van der Waals surface area contributed by atoms with Gasteiger partial charge >= 0.3 is 6.09 Å². The third-order valence-corrected chi connectivity index (χ3v) is 4.06. The van der Waals surface area contributed by atoms with Gasteiger partial charge < -0.3 is 25.4 Å². The third-order valence-electron chi connectivity index (χ3n) is 4.06. The fraction of sp³-hybridized carbons (Fsp3) is 0.579. The number of hydrogen-bond acceptors (Lipinski definition) is 5. The summed E-state index contributed by atoms with van der Waals surface area (Å²) in [5, 5.41) is 15.3. The summed E-state index contributed by atoms with van der Waals surface area (Å²) >= 11 is 0.